The summed E-state index contributed by atoms with van der Waals surface area (Å²) in [5.74, 6) is -0.284. The van der Waals surface area contributed by atoms with Crippen molar-refractivity contribution in [2.24, 2.45) is 0 Å². The van der Waals surface area contributed by atoms with Crippen molar-refractivity contribution in [3.63, 3.8) is 0 Å². The van der Waals surface area contributed by atoms with E-state index in [-0.39, 0.29) is 22.4 Å². The first-order valence-corrected chi connectivity index (χ1v) is 6.08. The lowest BCUT2D eigenvalue weighted by Crippen LogP contribution is -2.16. The first-order valence-electron chi connectivity index (χ1n) is 5.27. The summed E-state index contributed by atoms with van der Waals surface area (Å²) >= 11 is -0.263. The Labute approximate surface area is 101 Å². The van der Waals surface area contributed by atoms with Crippen LogP contribution >= 0.6 is 11.8 Å². The van der Waals surface area contributed by atoms with E-state index in [0.29, 0.717) is 6.42 Å². The van der Waals surface area contributed by atoms with Crippen molar-refractivity contribution in [2.45, 2.75) is 23.2 Å². The number of fused-ring (bicyclic) bond motifs is 1. The molecule has 94 valence electrons. The van der Waals surface area contributed by atoms with Gasteiger partial charge in [-0.2, -0.15) is 13.2 Å². The van der Waals surface area contributed by atoms with E-state index < -0.39 is 5.51 Å². The van der Waals surface area contributed by atoms with Crippen molar-refractivity contribution >= 4 is 11.8 Å². The summed E-state index contributed by atoms with van der Waals surface area (Å²) in [5.41, 5.74) is -2.55. The average molecular weight is 263 g/mol. The summed E-state index contributed by atoms with van der Waals surface area (Å²) < 4.78 is 36.8. The van der Waals surface area contributed by atoms with E-state index in [1.54, 1.807) is 0 Å². The molecule has 0 fully saturated rings. The number of phenolic OH excluding ortho intramolecular Hbond substituents is 1. The van der Waals surface area contributed by atoms with E-state index in [4.69, 9.17) is 0 Å². The van der Waals surface area contributed by atoms with Crippen LogP contribution in [0.4, 0.5) is 13.2 Å². The zero-order valence-electron chi connectivity index (χ0n) is 8.97. The Balaban J connectivity index is 2.32. The molecule has 1 heterocycles. The minimum absolute atomic E-state index is 0.113. The van der Waals surface area contributed by atoms with Gasteiger partial charge in [-0.05, 0) is 61.0 Å². The lowest BCUT2D eigenvalue weighted by Gasteiger charge is -2.12. The van der Waals surface area contributed by atoms with Crippen LogP contribution in [-0.2, 0) is 12.8 Å². The summed E-state index contributed by atoms with van der Waals surface area (Å²) in [7, 11) is 0. The summed E-state index contributed by atoms with van der Waals surface area (Å²) in [4.78, 5) is -0.113. The standard InChI is InChI=1S/C11H12F3NOS/c12-11(13,14)17-10-6-8-2-4-15-3-1-7(8)5-9(10)16/h5-6,15-16H,1-4H2. The highest BCUT2D eigenvalue weighted by Gasteiger charge is 2.31. The number of thioether (sulfide) groups is 1. The number of phenols is 1. The SMILES string of the molecule is Oc1cc2c(cc1SC(F)(F)F)CCNCC2. The van der Waals surface area contributed by atoms with E-state index >= 15 is 0 Å². The minimum Gasteiger partial charge on any atom is -0.507 e. The van der Waals surface area contributed by atoms with E-state index in [9.17, 15) is 18.3 Å². The van der Waals surface area contributed by atoms with Gasteiger partial charge in [-0.25, -0.2) is 0 Å². The van der Waals surface area contributed by atoms with Crippen LogP contribution in [0.1, 0.15) is 11.1 Å². The smallest absolute Gasteiger partial charge is 0.446 e. The predicted octanol–water partition coefficient (Wildman–Crippen LogP) is 2.69. The Morgan fingerprint density at radius 1 is 1.12 bits per heavy atom. The fourth-order valence-electron chi connectivity index (χ4n) is 1.90. The molecule has 0 aromatic heterocycles. The van der Waals surface area contributed by atoms with Crippen LogP contribution in [0, 0.1) is 0 Å². The summed E-state index contributed by atoms with van der Waals surface area (Å²) in [6.45, 7) is 1.55. The Kier molecular flexibility index (Phi) is 3.53. The Morgan fingerprint density at radius 2 is 1.71 bits per heavy atom. The molecule has 0 saturated carbocycles. The first-order chi connectivity index (χ1) is 7.96. The molecule has 1 aromatic rings. The number of hydrogen-bond donors (Lipinski definition) is 2. The maximum atomic E-state index is 12.3. The number of benzene rings is 1. The first kappa shape index (κ1) is 12.6. The second-order valence-electron chi connectivity index (χ2n) is 3.89. The summed E-state index contributed by atoms with van der Waals surface area (Å²) in [6.07, 6.45) is 1.43. The summed E-state index contributed by atoms with van der Waals surface area (Å²) in [6, 6.07) is 2.91. The third-order valence-corrected chi connectivity index (χ3v) is 3.43. The number of alkyl halides is 3. The van der Waals surface area contributed by atoms with E-state index in [0.717, 1.165) is 30.6 Å². The van der Waals surface area contributed by atoms with Gasteiger partial charge in [0.25, 0.3) is 0 Å². The zero-order valence-corrected chi connectivity index (χ0v) is 9.79. The van der Waals surface area contributed by atoms with Crippen LogP contribution in [0.2, 0.25) is 0 Å². The molecule has 1 aliphatic rings. The van der Waals surface area contributed by atoms with Gasteiger partial charge in [-0.1, -0.05) is 0 Å². The quantitative estimate of drug-likeness (QED) is 0.764. The number of hydrogen-bond acceptors (Lipinski definition) is 3. The van der Waals surface area contributed by atoms with Crippen LogP contribution in [0.5, 0.6) is 5.75 Å². The van der Waals surface area contributed by atoms with Gasteiger partial charge in [0.05, 0.1) is 4.90 Å². The molecule has 2 nitrogen and oxygen atoms in total. The fraction of sp³-hybridized carbons (Fsp3) is 0.455. The van der Waals surface area contributed by atoms with Gasteiger partial charge < -0.3 is 10.4 Å². The molecular weight excluding hydrogens is 251 g/mol. The van der Waals surface area contributed by atoms with Crippen molar-refractivity contribution in [3.05, 3.63) is 23.3 Å². The maximum Gasteiger partial charge on any atom is 0.446 e. The Morgan fingerprint density at radius 3 is 2.29 bits per heavy atom. The van der Waals surface area contributed by atoms with Crippen LogP contribution in [0.3, 0.4) is 0 Å². The van der Waals surface area contributed by atoms with Gasteiger partial charge in [0.15, 0.2) is 0 Å². The van der Waals surface area contributed by atoms with Crippen molar-refractivity contribution in [3.8, 4) is 5.75 Å². The van der Waals surface area contributed by atoms with Crippen molar-refractivity contribution in [1.82, 2.24) is 5.32 Å². The summed E-state index contributed by atoms with van der Waals surface area (Å²) in [5, 5.41) is 12.8. The molecule has 17 heavy (non-hydrogen) atoms. The van der Waals surface area contributed by atoms with E-state index in [2.05, 4.69) is 5.32 Å². The number of halogens is 3. The lowest BCUT2D eigenvalue weighted by molar-refractivity contribution is -0.0329. The fourth-order valence-corrected chi connectivity index (χ4v) is 2.51. The van der Waals surface area contributed by atoms with E-state index in [1.807, 2.05) is 0 Å². The molecule has 6 heteroatoms. The van der Waals surface area contributed by atoms with Crippen molar-refractivity contribution < 1.29 is 18.3 Å². The highest BCUT2D eigenvalue weighted by Crippen LogP contribution is 2.42. The Hall–Kier alpha value is -0.880. The number of nitrogens with one attached hydrogen (secondary N) is 1. The van der Waals surface area contributed by atoms with Gasteiger partial charge in [0.1, 0.15) is 5.75 Å². The van der Waals surface area contributed by atoms with Crippen LogP contribution in [0.15, 0.2) is 17.0 Å². The highest BCUT2D eigenvalue weighted by atomic mass is 32.2. The zero-order chi connectivity index (χ0) is 12.5. The largest absolute Gasteiger partial charge is 0.507 e. The molecule has 2 N–H and O–H groups in total. The van der Waals surface area contributed by atoms with Crippen LogP contribution in [0.25, 0.3) is 0 Å². The second-order valence-corrected chi connectivity index (χ2v) is 4.99. The van der Waals surface area contributed by atoms with E-state index in [1.165, 1.54) is 12.1 Å². The molecule has 0 atom stereocenters. The maximum absolute atomic E-state index is 12.3. The molecule has 1 aliphatic heterocycles. The molecule has 2 rings (SSSR count). The third-order valence-electron chi connectivity index (χ3n) is 2.65. The second kappa shape index (κ2) is 4.78. The Bertz CT molecular complexity index is 420. The minimum atomic E-state index is -4.37. The molecule has 1 aromatic carbocycles. The number of aromatic hydroxyl groups is 1. The van der Waals surface area contributed by atoms with Crippen LogP contribution in [-0.4, -0.2) is 23.7 Å². The van der Waals surface area contributed by atoms with Crippen molar-refractivity contribution in [1.29, 1.82) is 0 Å². The lowest BCUT2D eigenvalue weighted by atomic mass is 10.0. The molecule has 0 unspecified atom stereocenters. The molecular formula is C11H12F3NOS. The monoisotopic (exact) mass is 263 g/mol. The molecule has 0 bridgehead atoms. The molecule has 0 aliphatic carbocycles. The number of rotatable bonds is 1. The highest BCUT2D eigenvalue weighted by molar-refractivity contribution is 8.00. The van der Waals surface area contributed by atoms with Gasteiger partial charge >= 0.3 is 5.51 Å². The molecule has 0 amide bonds. The predicted molar refractivity (Wildman–Crippen MR) is 60.3 cm³/mol. The van der Waals surface area contributed by atoms with Gasteiger partial charge in [0, 0.05) is 0 Å². The topological polar surface area (TPSA) is 32.3 Å². The molecule has 0 radical (unpaired) electrons. The van der Waals surface area contributed by atoms with Crippen LogP contribution < -0.4 is 5.32 Å². The normalized spacial score (nSPS) is 16.4. The molecule has 0 saturated heterocycles. The van der Waals surface area contributed by atoms with Gasteiger partial charge in [-0.3, -0.25) is 0 Å². The van der Waals surface area contributed by atoms with Crippen molar-refractivity contribution in [2.75, 3.05) is 13.1 Å². The molecule has 0 spiro atoms. The average Bonchev–Trinajstić information content (AvgIpc) is 2.41. The third kappa shape index (κ3) is 3.29. The van der Waals surface area contributed by atoms with Gasteiger partial charge in [-0.15, -0.1) is 0 Å². The van der Waals surface area contributed by atoms with Gasteiger partial charge in [0.2, 0.25) is 0 Å².